The molecule has 0 fully saturated rings. The van der Waals surface area contributed by atoms with E-state index in [0.717, 1.165) is 33.9 Å². The molecule has 2 aliphatic rings. The standard InChI is InChI=1S/C55H35NO/c1-2-18-39(19-3-1)56(51-27-14-17-36-15-4-6-20-41(36)51)52-34-32-40(43-22-8-9-24-46(43)52)38-29-31-45-44-23-10-11-25-47(44)55(50(45)35-38)48-26-12-13-28-53(48)57-54-42-21-7-5-16-37(42)30-33-49(54)55/h1-35H. The van der Waals surface area contributed by atoms with Crippen LogP contribution in [0.4, 0.5) is 17.1 Å². The average molecular weight is 726 g/mol. The maximum atomic E-state index is 6.91. The third kappa shape index (κ3) is 4.53. The largest absolute Gasteiger partial charge is 0.456 e. The first-order valence-corrected chi connectivity index (χ1v) is 19.7. The lowest BCUT2D eigenvalue weighted by Gasteiger charge is -2.40. The molecule has 10 aromatic carbocycles. The van der Waals surface area contributed by atoms with Crippen molar-refractivity contribution in [3.8, 4) is 33.8 Å². The topological polar surface area (TPSA) is 12.5 Å². The van der Waals surface area contributed by atoms with Crippen LogP contribution in [0.25, 0.3) is 54.6 Å². The van der Waals surface area contributed by atoms with Crippen LogP contribution in [0, 0.1) is 0 Å². The van der Waals surface area contributed by atoms with Crippen molar-refractivity contribution in [2.24, 2.45) is 0 Å². The van der Waals surface area contributed by atoms with Gasteiger partial charge in [0.05, 0.1) is 16.8 Å². The van der Waals surface area contributed by atoms with Gasteiger partial charge in [0.15, 0.2) is 0 Å². The molecule has 0 amide bonds. The first-order chi connectivity index (χ1) is 28.3. The number of hydrogen-bond donors (Lipinski definition) is 0. The van der Waals surface area contributed by atoms with E-state index in [9.17, 15) is 0 Å². The molecule has 1 unspecified atom stereocenters. The van der Waals surface area contributed by atoms with Crippen LogP contribution in [-0.4, -0.2) is 0 Å². The highest BCUT2D eigenvalue weighted by molar-refractivity contribution is 6.09. The molecule has 0 bridgehead atoms. The fraction of sp³-hybridized carbons (Fsp3) is 0.0182. The smallest absolute Gasteiger partial charge is 0.140 e. The van der Waals surface area contributed by atoms with Crippen LogP contribution < -0.4 is 9.64 Å². The summed E-state index contributed by atoms with van der Waals surface area (Å²) < 4.78 is 6.91. The lowest BCUT2D eigenvalue weighted by Crippen LogP contribution is -2.32. The van der Waals surface area contributed by atoms with Crippen LogP contribution >= 0.6 is 0 Å². The van der Waals surface area contributed by atoms with Crippen LogP contribution in [-0.2, 0) is 5.41 Å². The Labute approximate surface area is 331 Å². The molecule has 0 N–H and O–H groups in total. The van der Waals surface area contributed by atoms with Crippen LogP contribution in [0.3, 0.4) is 0 Å². The zero-order valence-corrected chi connectivity index (χ0v) is 31.1. The van der Waals surface area contributed by atoms with Crippen LogP contribution in [0.15, 0.2) is 212 Å². The van der Waals surface area contributed by atoms with E-state index in [1.165, 1.54) is 71.4 Å². The molecule has 10 aromatic rings. The Bertz CT molecular complexity index is 3230. The molecule has 1 aliphatic heterocycles. The quantitative estimate of drug-likeness (QED) is 0.179. The molecule has 57 heavy (non-hydrogen) atoms. The lowest BCUT2D eigenvalue weighted by molar-refractivity contribution is 0.442. The van der Waals surface area contributed by atoms with E-state index in [1.807, 2.05) is 0 Å². The maximum absolute atomic E-state index is 6.91. The summed E-state index contributed by atoms with van der Waals surface area (Å²) in [5.41, 5.74) is 12.7. The van der Waals surface area contributed by atoms with Crippen molar-refractivity contribution < 1.29 is 4.74 Å². The second-order valence-electron chi connectivity index (χ2n) is 15.2. The number of ether oxygens (including phenoxy) is 1. The molecule has 12 rings (SSSR count). The Morgan fingerprint density at radius 2 is 0.965 bits per heavy atom. The van der Waals surface area contributed by atoms with Gasteiger partial charge in [-0.15, -0.1) is 0 Å². The highest BCUT2D eigenvalue weighted by Gasteiger charge is 2.51. The number of nitrogens with zero attached hydrogens (tertiary/aromatic N) is 1. The minimum atomic E-state index is -0.565. The third-order valence-corrected chi connectivity index (χ3v) is 12.3. The second-order valence-corrected chi connectivity index (χ2v) is 15.2. The molecule has 2 heteroatoms. The van der Waals surface area contributed by atoms with E-state index >= 15 is 0 Å². The van der Waals surface area contributed by atoms with Gasteiger partial charge in [0, 0.05) is 33.0 Å². The van der Waals surface area contributed by atoms with Crippen molar-refractivity contribution in [3.63, 3.8) is 0 Å². The van der Waals surface area contributed by atoms with E-state index in [4.69, 9.17) is 4.74 Å². The van der Waals surface area contributed by atoms with Gasteiger partial charge in [0.25, 0.3) is 0 Å². The average Bonchev–Trinajstić information content (AvgIpc) is 3.57. The van der Waals surface area contributed by atoms with E-state index in [0.29, 0.717) is 0 Å². The van der Waals surface area contributed by atoms with Gasteiger partial charge in [-0.25, -0.2) is 0 Å². The molecule has 1 aliphatic carbocycles. The third-order valence-electron chi connectivity index (χ3n) is 12.3. The van der Waals surface area contributed by atoms with Gasteiger partial charge >= 0.3 is 0 Å². The highest BCUT2D eigenvalue weighted by Crippen LogP contribution is 2.63. The molecular formula is C55H35NO. The normalized spacial score (nSPS) is 14.9. The summed E-state index contributed by atoms with van der Waals surface area (Å²) in [5, 5.41) is 7.13. The van der Waals surface area contributed by atoms with Gasteiger partial charge in [0.2, 0.25) is 0 Å². The van der Waals surface area contributed by atoms with Gasteiger partial charge in [-0.2, -0.15) is 0 Å². The number of fused-ring (bicyclic) bond motifs is 13. The minimum Gasteiger partial charge on any atom is -0.456 e. The van der Waals surface area contributed by atoms with Crippen LogP contribution in [0.1, 0.15) is 22.3 Å². The van der Waals surface area contributed by atoms with Gasteiger partial charge in [-0.3, -0.25) is 0 Å². The summed E-state index contributed by atoms with van der Waals surface area (Å²) in [6.45, 7) is 0. The number of rotatable bonds is 4. The van der Waals surface area contributed by atoms with Gasteiger partial charge in [0.1, 0.15) is 11.5 Å². The van der Waals surface area contributed by atoms with E-state index < -0.39 is 5.41 Å². The molecule has 0 radical (unpaired) electrons. The zero-order chi connectivity index (χ0) is 37.5. The number of hydrogen-bond acceptors (Lipinski definition) is 2. The minimum absolute atomic E-state index is 0.565. The Kier molecular flexibility index (Phi) is 6.88. The molecule has 1 spiro atoms. The van der Waals surface area contributed by atoms with Crippen molar-refractivity contribution in [1.82, 2.24) is 0 Å². The Hall–Kier alpha value is -7.42. The first-order valence-electron chi connectivity index (χ1n) is 19.7. The van der Waals surface area contributed by atoms with E-state index in [1.54, 1.807) is 0 Å². The molecule has 2 nitrogen and oxygen atoms in total. The van der Waals surface area contributed by atoms with Crippen LogP contribution in [0.5, 0.6) is 11.5 Å². The molecular weight excluding hydrogens is 691 g/mol. The fourth-order valence-corrected chi connectivity index (χ4v) is 9.91. The summed E-state index contributed by atoms with van der Waals surface area (Å²) in [4.78, 5) is 2.42. The summed E-state index contributed by atoms with van der Waals surface area (Å²) in [7, 11) is 0. The monoisotopic (exact) mass is 725 g/mol. The molecule has 1 heterocycles. The summed E-state index contributed by atoms with van der Waals surface area (Å²) in [6, 6.07) is 77.4. The van der Waals surface area contributed by atoms with Crippen molar-refractivity contribution in [2.75, 3.05) is 4.90 Å². The summed E-state index contributed by atoms with van der Waals surface area (Å²) >= 11 is 0. The van der Waals surface area contributed by atoms with Crippen molar-refractivity contribution in [1.29, 1.82) is 0 Å². The predicted molar refractivity (Wildman–Crippen MR) is 236 cm³/mol. The maximum Gasteiger partial charge on any atom is 0.140 e. The SMILES string of the molecule is c1ccc(N(c2cccc3ccccc23)c2ccc(-c3ccc4c(c3)C3(c5ccccc5Oc5c3ccc3ccccc53)c3ccccc3-4)c3ccccc23)cc1. The molecule has 0 saturated heterocycles. The second kappa shape index (κ2) is 12.3. The summed E-state index contributed by atoms with van der Waals surface area (Å²) in [5.74, 6) is 1.84. The van der Waals surface area contributed by atoms with Crippen molar-refractivity contribution >= 4 is 49.4 Å². The highest BCUT2D eigenvalue weighted by atomic mass is 16.5. The summed E-state index contributed by atoms with van der Waals surface area (Å²) in [6.07, 6.45) is 0. The number of anilines is 3. The predicted octanol–water partition coefficient (Wildman–Crippen LogP) is 14.8. The van der Waals surface area contributed by atoms with Gasteiger partial charge < -0.3 is 9.64 Å². The fourth-order valence-electron chi connectivity index (χ4n) is 9.91. The Morgan fingerprint density at radius 1 is 0.351 bits per heavy atom. The first kappa shape index (κ1) is 31.9. The van der Waals surface area contributed by atoms with Gasteiger partial charge in [-0.1, -0.05) is 176 Å². The Morgan fingerprint density at radius 3 is 1.82 bits per heavy atom. The lowest BCUT2D eigenvalue weighted by atomic mass is 9.65. The Balaban J connectivity index is 1.11. The van der Waals surface area contributed by atoms with Gasteiger partial charge in [-0.05, 0) is 85.9 Å². The van der Waals surface area contributed by atoms with E-state index in [2.05, 4.69) is 217 Å². The van der Waals surface area contributed by atoms with E-state index in [-0.39, 0.29) is 0 Å². The number of benzene rings is 10. The molecule has 0 saturated carbocycles. The van der Waals surface area contributed by atoms with Crippen LogP contribution in [0.2, 0.25) is 0 Å². The van der Waals surface area contributed by atoms with Crippen molar-refractivity contribution in [2.45, 2.75) is 5.41 Å². The molecule has 1 atom stereocenters. The van der Waals surface area contributed by atoms with Crippen molar-refractivity contribution in [3.05, 3.63) is 235 Å². The zero-order valence-electron chi connectivity index (χ0n) is 31.1. The molecule has 266 valence electrons. The number of para-hydroxylation sites is 2. The molecule has 0 aromatic heterocycles.